The molecule has 0 fully saturated rings. The van der Waals surface area contributed by atoms with Crippen molar-refractivity contribution < 1.29 is 4.12 Å². The number of halogens is 2. The molecule has 1 nitrogen and oxygen atoms in total. The van der Waals surface area contributed by atoms with Crippen LogP contribution >= 0.6 is 23.2 Å². The van der Waals surface area contributed by atoms with Crippen molar-refractivity contribution in [1.29, 1.82) is 0 Å². The quantitative estimate of drug-likeness (QED) is 0.583. The van der Waals surface area contributed by atoms with E-state index in [1.54, 1.807) is 0 Å². The van der Waals surface area contributed by atoms with Gasteiger partial charge in [-0.2, -0.15) is 0 Å². The number of hydrogen-bond donors (Lipinski definition) is 0. The summed E-state index contributed by atoms with van der Waals surface area (Å²) in [5.74, 6) is 0. The van der Waals surface area contributed by atoms with Crippen LogP contribution in [0, 0.1) is 0 Å². The molecule has 112 valence electrons. The Bertz CT molecular complexity index is 528. The van der Waals surface area contributed by atoms with Crippen LogP contribution in [0.3, 0.4) is 0 Å². The SMILES string of the molecule is C[Si](C)(C)O[Si](c1ccccc1)(c1ccccc1)C(Cl)Cl. The lowest BCUT2D eigenvalue weighted by Gasteiger charge is -2.39. The molecule has 2 aromatic rings. The molecular weight excluding hydrogens is 335 g/mol. The van der Waals surface area contributed by atoms with E-state index in [2.05, 4.69) is 43.9 Å². The first-order valence-electron chi connectivity index (χ1n) is 6.95. The van der Waals surface area contributed by atoms with Crippen molar-refractivity contribution in [1.82, 2.24) is 0 Å². The molecular formula is C16H20Cl2OSi2. The maximum atomic E-state index is 6.67. The second kappa shape index (κ2) is 6.67. The largest absolute Gasteiger partial charge is 0.448 e. The average Bonchev–Trinajstić information content (AvgIpc) is 2.45. The Hall–Kier alpha value is -0.586. The first-order valence-corrected chi connectivity index (χ1v) is 13.2. The molecule has 0 aliphatic heterocycles. The monoisotopic (exact) mass is 354 g/mol. The fraction of sp³-hybridized carbons (Fsp3) is 0.250. The van der Waals surface area contributed by atoms with Gasteiger partial charge in [-0.25, -0.2) is 0 Å². The van der Waals surface area contributed by atoms with Crippen LogP contribution in [0.4, 0.5) is 0 Å². The zero-order valence-electron chi connectivity index (χ0n) is 12.5. The summed E-state index contributed by atoms with van der Waals surface area (Å²) in [5, 5.41) is 2.24. The molecule has 0 saturated heterocycles. The molecule has 0 aliphatic carbocycles. The van der Waals surface area contributed by atoms with Gasteiger partial charge in [-0.05, 0) is 30.0 Å². The molecule has 0 radical (unpaired) electrons. The van der Waals surface area contributed by atoms with Gasteiger partial charge >= 0.3 is 0 Å². The Morgan fingerprint density at radius 1 is 0.762 bits per heavy atom. The van der Waals surface area contributed by atoms with Crippen LogP contribution in [0.25, 0.3) is 0 Å². The maximum Gasteiger partial charge on any atom is 0.278 e. The van der Waals surface area contributed by atoms with E-state index in [4.69, 9.17) is 27.3 Å². The molecule has 0 amide bonds. The van der Waals surface area contributed by atoms with Crippen LogP contribution in [0.5, 0.6) is 0 Å². The standard InChI is InChI=1S/C16H20Cl2OSi2/c1-20(2,3)19-21(16(17)18,14-10-6-4-7-11-14)15-12-8-5-9-13-15/h4-13,16H,1-3H3. The zero-order chi connectivity index (χ0) is 15.5. The normalized spacial score (nSPS) is 12.7. The van der Waals surface area contributed by atoms with E-state index in [-0.39, 0.29) is 0 Å². The van der Waals surface area contributed by atoms with E-state index in [9.17, 15) is 0 Å². The lowest BCUT2D eigenvalue weighted by molar-refractivity contribution is 0.568. The molecule has 0 atom stereocenters. The van der Waals surface area contributed by atoms with Gasteiger partial charge in [0.2, 0.25) is 0 Å². The van der Waals surface area contributed by atoms with Crippen LogP contribution in [0.1, 0.15) is 0 Å². The smallest absolute Gasteiger partial charge is 0.278 e. The van der Waals surface area contributed by atoms with Crippen molar-refractivity contribution in [3.8, 4) is 0 Å². The van der Waals surface area contributed by atoms with E-state index in [0.29, 0.717) is 0 Å². The van der Waals surface area contributed by atoms with Gasteiger partial charge in [0.15, 0.2) is 8.32 Å². The molecule has 21 heavy (non-hydrogen) atoms. The van der Waals surface area contributed by atoms with Crippen molar-refractivity contribution in [3.63, 3.8) is 0 Å². The summed E-state index contributed by atoms with van der Waals surface area (Å²) < 4.78 is 6.11. The van der Waals surface area contributed by atoms with Crippen LogP contribution in [0.15, 0.2) is 60.7 Å². The van der Waals surface area contributed by atoms with Gasteiger partial charge in [0.05, 0.1) is 0 Å². The first-order chi connectivity index (χ1) is 9.86. The van der Waals surface area contributed by atoms with E-state index in [1.165, 1.54) is 0 Å². The topological polar surface area (TPSA) is 9.23 Å². The van der Waals surface area contributed by atoms with Gasteiger partial charge in [0.25, 0.3) is 8.32 Å². The van der Waals surface area contributed by atoms with Crippen LogP contribution < -0.4 is 10.4 Å². The molecule has 0 aromatic heterocycles. The lowest BCUT2D eigenvalue weighted by Crippen LogP contribution is -2.69. The molecule has 5 heteroatoms. The summed E-state index contributed by atoms with van der Waals surface area (Å²) in [6.07, 6.45) is 0. The second-order valence-corrected chi connectivity index (χ2v) is 16.1. The van der Waals surface area contributed by atoms with Gasteiger partial charge in [0, 0.05) is 0 Å². The summed E-state index contributed by atoms with van der Waals surface area (Å²) in [6.45, 7) is 6.53. The first kappa shape index (κ1) is 16.8. The van der Waals surface area contributed by atoms with Crippen LogP contribution in [-0.4, -0.2) is 21.1 Å². The minimum absolute atomic E-state index is 0.561. The van der Waals surface area contributed by atoms with Gasteiger partial charge in [-0.3, -0.25) is 0 Å². The van der Waals surface area contributed by atoms with Crippen LogP contribution in [-0.2, 0) is 4.12 Å². The number of hydrogen-bond acceptors (Lipinski definition) is 1. The molecule has 2 aromatic carbocycles. The summed E-state index contributed by atoms with van der Waals surface area (Å²) >= 11 is 13.0. The highest BCUT2D eigenvalue weighted by molar-refractivity contribution is 7.10. The molecule has 0 spiro atoms. The maximum absolute atomic E-state index is 6.67. The minimum atomic E-state index is -2.67. The summed E-state index contributed by atoms with van der Waals surface area (Å²) in [6, 6.07) is 20.4. The van der Waals surface area contributed by atoms with Gasteiger partial charge in [0.1, 0.15) is 4.46 Å². The van der Waals surface area contributed by atoms with Crippen LogP contribution in [0.2, 0.25) is 19.6 Å². The molecule has 0 unspecified atom stereocenters. The fourth-order valence-electron chi connectivity index (χ4n) is 2.44. The summed E-state index contributed by atoms with van der Waals surface area (Å²) in [5.41, 5.74) is 0. The Labute approximate surface area is 139 Å². The van der Waals surface area contributed by atoms with Gasteiger partial charge in [-0.15, -0.1) is 23.2 Å². The second-order valence-electron chi connectivity index (χ2n) is 5.98. The Kier molecular flexibility index (Phi) is 5.33. The Balaban J connectivity index is 2.67. The van der Waals surface area contributed by atoms with Crippen molar-refractivity contribution in [3.05, 3.63) is 60.7 Å². The molecule has 0 saturated carbocycles. The molecule has 0 N–H and O–H groups in total. The molecule has 2 rings (SSSR count). The van der Waals surface area contributed by atoms with Gasteiger partial charge < -0.3 is 4.12 Å². The highest BCUT2D eigenvalue weighted by atomic mass is 35.5. The van der Waals surface area contributed by atoms with E-state index in [0.717, 1.165) is 10.4 Å². The predicted molar refractivity (Wildman–Crippen MR) is 97.8 cm³/mol. The fourth-order valence-corrected chi connectivity index (χ4v) is 12.1. The molecule has 0 heterocycles. The third-order valence-electron chi connectivity index (χ3n) is 3.18. The van der Waals surface area contributed by atoms with Gasteiger partial charge in [-0.1, -0.05) is 60.7 Å². The molecule has 0 bridgehead atoms. The predicted octanol–water partition coefficient (Wildman–Crippen LogP) is 3.94. The third-order valence-corrected chi connectivity index (χ3v) is 11.8. The van der Waals surface area contributed by atoms with Crippen molar-refractivity contribution in [2.75, 3.05) is 0 Å². The average molecular weight is 355 g/mol. The number of benzene rings is 2. The van der Waals surface area contributed by atoms with Crippen molar-refractivity contribution in [2.24, 2.45) is 0 Å². The van der Waals surface area contributed by atoms with Crippen molar-refractivity contribution >= 4 is 50.2 Å². The van der Waals surface area contributed by atoms with E-state index in [1.807, 2.05) is 36.4 Å². The Morgan fingerprint density at radius 3 is 1.43 bits per heavy atom. The number of rotatable bonds is 5. The lowest BCUT2D eigenvalue weighted by atomic mass is 10.4. The number of alkyl halides is 2. The highest BCUT2D eigenvalue weighted by Crippen LogP contribution is 2.24. The molecule has 0 aliphatic rings. The van der Waals surface area contributed by atoms with E-state index >= 15 is 0 Å². The summed E-state index contributed by atoms with van der Waals surface area (Å²) in [4.78, 5) is 0. The summed E-state index contributed by atoms with van der Waals surface area (Å²) in [7, 11) is -4.50. The van der Waals surface area contributed by atoms with E-state index < -0.39 is 21.1 Å². The minimum Gasteiger partial charge on any atom is -0.448 e. The van der Waals surface area contributed by atoms with Crippen molar-refractivity contribution in [2.45, 2.75) is 24.1 Å². The zero-order valence-corrected chi connectivity index (χ0v) is 16.0. The Morgan fingerprint density at radius 2 is 1.14 bits per heavy atom. The highest BCUT2D eigenvalue weighted by Gasteiger charge is 2.48. The third kappa shape index (κ3) is 3.79.